The molecule has 3 aromatic rings. The fourth-order valence-electron chi connectivity index (χ4n) is 2.35. The third-order valence-electron chi connectivity index (χ3n) is 3.75. The Balaban J connectivity index is 1.69. The minimum atomic E-state index is -1.14. The van der Waals surface area contributed by atoms with E-state index in [1.807, 2.05) is 19.1 Å². The number of ether oxygens (including phenoxy) is 1. The molecule has 2 aromatic heterocycles. The lowest BCUT2D eigenvalue weighted by atomic mass is 10.3. The second-order valence-corrected chi connectivity index (χ2v) is 6.12. The number of nitrogens with zero attached hydrogens (tertiary/aromatic N) is 2. The van der Waals surface area contributed by atoms with Gasteiger partial charge in [0.2, 0.25) is 0 Å². The molecule has 0 aliphatic carbocycles. The van der Waals surface area contributed by atoms with Crippen molar-refractivity contribution < 1.29 is 18.7 Å². The molecule has 2 heterocycles. The van der Waals surface area contributed by atoms with E-state index in [0.717, 1.165) is 11.8 Å². The average molecular weight is 376 g/mol. The van der Waals surface area contributed by atoms with Gasteiger partial charge in [-0.25, -0.2) is 14.2 Å². The van der Waals surface area contributed by atoms with Crippen molar-refractivity contribution in [1.82, 2.24) is 9.38 Å². The normalized spacial score (nSPS) is 12.0. The minimum Gasteiger partial charge on any atom is -0.448 e. The third kappa shape index (κ3) is 3.67. The predicted octanol–water partition coefficient (Wildman–Crippen LogP) is 3.62. The van der Waals surface area contributed by atoms with E-state index in [2.05, 4.69) is 10.3 Å². The van der Waals surface area contributed by atoms with Crippen molar-refractivity contribution >= 4 is 34.8 Å². The number of carbonyl (C=O) groups excluding carboxylic acids is 2. The lowest BCUT2D eigenvalue weighted by molar-refractivity contribution is -0.123. The molecule has 26 heavy (non-hydrogen) atoms. The summed E-state index contributed by atoms with van der Waals surface area (Å²) in [5.41, 5.74) is 1.53. The molecular weight excluding hydrogens is 361 g/mol. The minimum absolute atomic E-state index is 0.0503. The lowest BCUT2D eigenvalue weighted by Gasteiger charge is -2.13. The van der Waals surface area contributed by atoms with Crippen LogP contribution in [0.2, 0.25) is 5.02 Å². The van der Waals surface area contributed by atoms with Gasteiger partial charge in [0.05, 0.1) is 5.69 Å². The highest BCUT2D eigenvalue weighted by molar-refractivity contribution is 6.30. The first kappa shape index (κ1) is 17.9. The molecule has 6 nitrogen and oxygen atoms in total. The molecule has 0 aliphatic heterocycles. The molecule has 0 spiro atoms. The van der Waals surface area contributed by atoms with Gasteiger partial charge in [-0.2, -0.15) is 0 Å². The molecule has 1 aromatic carbocycles. The zero-order valence-corrected chi connectivity index (χ0v) is 14.7. The van der Waals surface area contributed by atoms with Gasteiger partial charge in [-0.15, -0.1) is 0 Å². The highest BCUT2D eigenvalue weighted by Crippen LogP contribution is 2.19. The zero-order valence-electron chi connectivity index (χ0n) is 14.0. The topological polar surface area (TPSA) is 72.7 Å². The maximum absolute atomic E-state index is 13.7. The van der Waals surface area contributed by atoms with Gasteiger partial charge < -0.3 is 14.5 Å². The highest BCUT2D eigenvalue weighted by Gasteiger charge is 2.22. The molecule has 1 N–H and O–H groups in total. The molecule has 0 saturated heterocycles. The molecule has 0 unspecified atom stereocenters. The first-order chi connectivity index (χ1) is 12.3. The summed E-state index contributed by atoms with van der Waals surface area (Å²) in [5.74, 6) is -2.09. The molecule has 8 heteroatoms. The Kier molecular flexibility index (Phi) is 4.90. The number of aryl methyl sites for hydroxylation is 1. The second kappa shape index (κ2) is 7.13. The maximum Gasteiger partial charge on any atom is 0.359 e. The SMILES string of the molecule is Cc1cccc2nc(C(=O)O[C@H](C)C(=O)Nc3ccc(Cl)cc3F)cn12. The Morgan fingerprint density at radius 2 is 2.08 bits per heavy atom. The van der Waals surface area contributed by atoms with E-state index >= 15 is 0 Å². The van der Waals surface area contributed by atoms with Gasteiger partial charge in [0.1, 0.15) is 11.5 Å². The Morgan fingerprint density at radius 3 is 2.77 bits per heavy atom. The van der Waals surface area contributed by atoms with E-state index in [1.165, 1.54) is 25.3 Å². The Hall–Kier alpha value is -2.93. The fourth-order valence-corrected chi connectivity index (χ4v) is 2.51. The first-order valence-electron chi connectivity index (χ1n) is 7.77. The maximum atomic E-state index is 13.7. The van der Waals surface area contributed by atoms with Crippen LogP contribution in [0.1, 0.15) is 23.1 Å². The Bertz CT molecular complexity index is 1000. The number of hydrogen-bond acceptors (Lipinski definition) is 4. The molecule has 0 bridgehead atoms. The summed E-state index contributed by atoms with van der Waals surface area (Å²) in [4.78, 5) is 28.5. The van der Waals surface area contributed by atoms with Crippen molar-refractivity contribution in [3.05, 3.63) is 64.8 Å². The lowest BCUT2D eigenvalue weighted by Crippen LogP contribution is -2.30. The summed E-state index contributed by atoms with van der Waals surface area (Å²) in [7, 11) is 0. The van der Waals surface area contributed by atoms with Crippen LogP contribution < -0.4 is 5.32 Å². The summed E-state index contributed by atoms with van der Waals surface area (Å²) < 4.78 is 20.6. The summed E-state index contributed by atoms with van der Waals surface area (Å²) in [6, 6.07) is 9.30. The molecule has 0 radical (unpaired) electrons. The number of benzene rings is 1. The number of fused-ring (bicyclic) bond motifs is 1. The number of carbonyl (C=O) groups is 2. The molecule has 1 atom stereocenters. The smallest absolute Gasteiger partial charge is 0.359 e. The molecule has 1 amide bonds. The van der Waals surface area contributed by atoms with Gasteiger partial charge in [-0.1, -0.05) is 17.7 Å². The summed E-state index contributed by atoms with van der Waals surface area (Å²) >= 11 is 5.67. The van der Waals surface area contributed by atoms with Gasteiger partial charge in [0, 0.05) is 16.9 Å². The monoisotopic (exact) mass is 375 g/mol. The van der Waals surface area contributed by atoms with E-state index in [1.54, 1.807) is 10.5 Å². The Morgan fingerprint density at radius 1 is 1.31 bits per heavy atom. The van der Waals surface area contributed by atoms with Crippen molar-refractivity contribution in [3.8, 4) is 0 Å². The highest BCUT2D eigenvalue weighted by atomic mass is 35.5. The van der Waals surface area contributed by atoms with Crippen molar-refractivity contribution in [3.63, 3.8) is 0 Å². The van der Waals surface area contributed by atoms with Crippen LogP contribution in [0.3, 0.4) is 0 Å². The number of hydrogen-bond donors (Lipinski definition) is 1. The van der Waals surface area contributed by atoms with Crippen LogP contribution in [0.15, 0.2) is 42.6 Å². The van der Waals surface area contributed by atoms with Gasteiger partial charge >= 0.3 is 5.97 Å². The number of rotatable bonds is 4. The third-order valence-corrected chi connectivity index (χ3v) is 3.98. The van der Waals surface area contributed by atoms with Crippen molar-refractivity contribution in [1.29, 1.82) is 0 Å². The second-order valence-electron chi connectivity index (χ2n) is 5.68. The molecule has 0 fully saturated rings. The Labute approximate surface area is 153 Å². The van der Waals surface area contributed by atoms with Crippen molar-refractivity contribution in [2.75, 3.05) is 5.32 Å². The van der Waals surface area contributed by atoms with Crippen LogP contribution in [0.5, 0.6) is 0 Å². The quantitative estimate of drug-likeness (QED) is 0.707. The zero-order chi connectivity index (χ0) is 18.8. The van der Waals surface area contributed by atoms with E-state index in [9.17, 15) is 14.0 Å². The van der Waals surface area contributed by atoms with E-state index in [-0.39, 0.29) is 16.4 Å². The molecule has 3 rings (SSSR count). The van der Waals surface area contributed by atoms with E-state index in [4.69, 9.17) is 16.3 Å². The van der Waals surface area contributed by atoms with Crippen LogP contribution in [-0.4, -0.2) is 27.4 Å². The summed E-state index contributed by atoms with van der Waals surface area (Å²) in [5, 5.41) is 2.56. The van der Waals surface area contributed by atoms with E-state index in [0.29, 0.717) is 5.65 Å². The first-order valence-corrected chi connectivity index (χ1v) is 8.14. The molecule has 0 aliphatic rings. The van der Waals surface area contributed by atoms with E-state index < -0.39 is 23.8 Å². The number of esters is 1. The van der Waals surface area contributed by atoms with Crippen LogP contribution in [0, 0.1) is 12.7 Å². The number of amides is 1. The number of nitrogens with one attached hydrogen (secondary N) is 1. The number of aromatic nitrogens is 2. The van der Waals surface area contributed by atoms with Gasteiger partial charge in [0.15, 0.2) is 11.8 Å². The van der Waals surface area contributed by atoms with Crippen LogP contribution in [0.25, 0.3) is 5.65 Å². The molecular formula is C18H15ClFN3O3. The van der Waals surface area contributed by atoms with Gasteiger partial charge in [-0.3, -0.25) is 4.79 Å². The number of imidazole rings is 1. The van der Waals surface area contributed by atoms with Crippen LogP contribution >= 0.6 is 11.6 Å². The van der Waals surface area contributed by atoms with Gasteiger partial charge in [0.25, 0.3) is 5.91 Å². The largest absolute Gasteiger partial charge is 0.448 e. The number of pyridine rings is 1. The fraction of sp³-hybridized carbons (Fsp3) is 0.167. The predicted molar refractivity (Wildman–Crippen MR) is 94.8 cm³/mol. The van der Waals surface area contributed by atoms with Crippen LogP contribution in [0.4, 0.5) is 10.1 Å². The summed E-state index contributed by atoms with van der Waals surface area (Å²) in [6.07, 6.45) is 0.403. The van der Waals surface area contributed by atoms with Gasteiger partial charge in [-0.05, 0) is 44.2 Å². The van der Waals surface area contributed by atoms with Crippen LogP contribution in [-0.2, 0) is 9.53 Å². The number of halogens is 2. The van der Waals surface area contributed by atoms with Crippen molar-refractivity contribution in [2.24, 2.45) is 0 Å². The van der Waals surface area contributed by atoms with Crippen molar-refractivity contribution in [2.45, 2.75) is 20.0 Å². The molecule has 134 valence electrons. The standard InChI is InChI=1S/C18H15ClFN3O3/c1-10-4-3-5-16-21-15(9-23(10)16)18(25)26-11(2)17(24)22-14-7-6-12(19)8-13(14)20/h3-9,11H,1-2H3,(H,22,24)/t11-/m1/s1. The number of anilines is 1. The summed E-state index contributed by atoms with van der Waals surface area (Å²) in [6.45, 7) is 3.27. The average Bonchev–Trinajstić information content (AvgIpc) is 3.03. The molecule has 0 saturated carbocycles.